The molecule has 0 amide bonds. The second-order valence-corrected chi connectivity index (χ2v) is 7.00. The van der Waals surface area contributed by atoms with Crippen molar-refractivity contribution in [3.63, 3.8) is 0 Å². The molecule has 0 aromatic rings. The second-order valence-electron chi connectivity index (χ2n) is 6.59. The van der Waals surface area contributed by atoms with E-state index in [2.05, 4.69) is 37.1 Å². The standard InChI is InChI=1S/C16H29ClN2/c1-4-14(15(17)19-10-5-6-11-19)16(2,3)13-8-7-9-18-12-13/h4,13,15,18H,5-12H2,1-3H3/b14-4-. The fraction of sp³-hybridized carbons (Fsp3) is 0.875. The highest BCUT2D eigenvalue weighted by molar-refractivity contribution is 6.22. The van der Waals surface area contributed by atoms with Crippen LogP contribution in [0, 0.1) is 11.3 Å². The van der Waals surface area contributed by atoms with Gasteiger partial charge in [-0.2, -0.15) is 0 Å². The lowest BCUT2D eigenvalue weighted by atomic mass is 9.69. The number of halogens is 1. The number of rotatable bonds is 4. The Hall–Kier alpha value is -0.0500. The van der Waals surface area contributed by atoms with Crippen LogP contribution in [0.1, 0.15) is 46.5 Å². The van der Waals surface area contributed by atoms with E-state index in [-0.39, 0.29) is 10.9 Å². The van der Waals surface area contributed by atoms with Gasteiger partial charge in [-0.05, 0) is 75.7 Å². The van der Waals surface area contributed by atoms with E-state index in [1.165, 1.54) is 37.8 Å². The van der Waals surface area contributed by atoms with E-state index < -0.39 is 0 Å². The molecule has 2 rings (SSSR count). The summed E-state index contributed by atoms with van der Waals surface area (Å²) in [6.45, 7) is 11.5. The van der Waals surface area contributed by atoms with Crippen LogP contribution in [0.5, 0.6) is 0 Å². The maximum Gasteiger partial charge on any atom is 0.107 e. The van der Waals surface area contributed by atoms with Gasteiger partial charge in [0.25, 0.3) is 0 Å². The highest BCUT2D eigenvalue weighted by Crippen LogP contribution is 2.42. The minimum atomic E-state index is 0.0874. The first-order valence-electron chi connectivity index (χ1n) is 7.83. The number of allylic oxidation sites excluding steroid dienone is 1. The van der Waals surface area contributed by atoms with Crippen molar-refractivity contribution in [3.8, 4) is 0 Å². The Bertz CT molecular complexity index is 313. The number of likely N-dealkylation sites (tertiary alicyclic amines) is 1. The number of piperidine rings is 1. The lowest BCUT2D eigenvalue weighted by Gasteiger charge is -2.42. The van der Waals surface area contributed by atoms with Crippen molar-refractivity contribution in [2.75, 3.05) is 26.2 Å². The largest absolute Gasteiger partial charge is 0.316 e. The van der Waals surface area contributed by atoms with Crippen molar-refractivity contribution in [2.45, 2.75) is 52.0 Å². The summed E-state index contributed by atoms with van der Waals surface area (Å²) >= 11 is 6.79. The van der Waals surface area contributed by atoms with Crippen molar-refractivity contribution in [1.29, 1.82) is 0 Å². The molecule has 2 nitrogen and oxygen atoms in total. The third-order valence-electron chi connectivity index (χ3n) is 5.09. The molecule has 0 aliphatic carbocycles. The fourth-order valence-electron chi connectivity index (χ4n) is 3.69. The van der Waals surface area contributed by atoms with Crippen LogP contribution in [0.2, 0.25) is 0 Å². The number of hydrogen-bond donors (Lipinski definition) is 1. The molecular formula is C16H29ClN2. The average Bonchev–Trinajstić information content (AvgIpc) is 2.94. The van der Waals surface area contributed by atoms with Crippen molar-refractivity contribution >= 4 is 11.6 Å². The van der Waals surface area contributed by atoms with Crippen LogP contribution < -0.4 is 5.32 Å². The van der Waals surface area contributed by atoms with Crippen LogP contribution in [0.25, 0.3) is 0 Å². The lowest BCUT2D eigenvalue weighted by Crippen LogP contribution is -2.43. The normalized spacial score (nSPS) is 28.6. The van der Waals surface area contributed by atoms with Gasteiger partial charge in [0.05, 0.1) is 0 Å². The predicted molar refractivity (Wildman–Crippen MR) is 83.6 cm³/mol. The minimum absolute atomic E-state index is 0.0874. The maximum absolute atomic E-state index is 6.79. The van der Waals surface area contributed by atoms with E-state index in [4.69, 9.17) is 11.6 Å². The molecule has 0 aromatic heterocycles. The van der Waals surface area contributed by atoms with Gasteiger partial charge < -0.3 is 5.32 Å². The van der Waals surface area contributed by atoms with Crippen molar-refractivity contribution in [1.82, 2.24) is 10.2 Å². The monoisotopic (exact) mass is 284 g/mol. The first-order chi connectivity index (χ1) is 9.07. The third kappa shape index (κ3) is 3.34. The number of hydrogen-bond acceptors (Lipinski definition) is 2. The van der Waals surface area contributed by atoms with Crippen LogP contribution in [-0.2, 0) is 0 Å². The molecule has 2 aliphatic heterocycles. The molecule has 0 radical (unpaired) electrons. The van der Waals surface area contributed by atoms with Crippen LogP contribution in [0.15, 0.2) is 11.6 Å². The Morgan fingerprint density at radius 1 is 1.32 bits per heavy atom. The van der Waals surface area contributed by atoms with Crippen LogP contribution in [0.3, 0.4) is 0 Å². The van der Waals surface area contributed by atoms with Gasteiger partial charge in [0, 0.05) is 0 Å². The van der Waals surface area contributed by atoms with E-state index in [1.54, 1.807) is 0 Å². The second kappa shape index (κ2) is 6.60. The molecule has 110 valence electrons. The summed E-state index contributed by atoms with van der Waals surface area (Å²) in [6, 6.07) is 0. The van der Waals surface area contributed by atoms with Gasteiger partial charge in [-0.25, -0.2) is 0 Å². The van der Waals surface area contributed by atoms with Gasteiger partial charge in [-0.1, -0.05) is 19.9 Å². The third-order valence-corrected chi connectivity index (χ3v) is 5.60. The van der Waals surface area contributed by atoms with E-state index >= 15 is 0 Å². The molecule has 0 aromatic carbocycles. The summed E-state index contributed by atoms with van der Waals surface area (Å²) < 4.78 is 0. The molecule has 2 heterocycles. The molecule has 2 aliphatic rings. The summed E-state index contributed by atoms with van der Waals surface area (Å²) in [5.74, 6) is 0.705. The molecular weight excluding hydrogens is 256 g/mol. The van der Waals surface area contributed by atoms with E-state index in [9.17, 15) is 0 Å². The van der Waals surface area contributed by atoms with Gasteiger partial charge in [0.15, 0.2) is 0 Å². The summed E-state index contributed by atoms with van der Waals surface area (Å²) in [7, 11) is 0. The molecule has 0 spiro atoms. The molecule has 3 heteroatoms. The molecule has 2 fully saturated rings. The zero-order chi connectivity index (χ0) is 13.9. The van der Waals surface area contributed by atoms with Gasteiger partial charge in [-0.15, -0.1) is 11.6 Å². The van der Waals surface area contributed by atoms with Crippen LogP contribution in [0.4, 0.5) is 0 Å². The quantitative estimate of drug-likeness (QED) is 0.482. The zero-order valence-electron chi connectivity index (χ0n) is 12.7. The molecule has 2 saturated heterocycles. The Morgan fingerprint density at radius 3 is 2.53 bits per heavy atom. The Balaban J connectivity index is 2.10. The zero-order valence-corrected chi connectivity index (χ0v) is 13.5. The molecule has 2 unspecified atom stereocenters. The van der Waals surface area contributed by atoms with Crippen molar-refractivity contribution < 1.29 is 0 Å². The van der Waals surface area contributed by atoms with Gasteiger partial charge in [0.1, 0.15) is 5.50 Å². The number of nitrogens with one attached hydrogen (secondary N) is 1. The Kier molecular flexibility index (Phi) is 5.33. The average molecular weight is 285 g/mol. The molecule has 0 saturated carbocycles. The molecule has 19 heavy (non-hydrogen) atoms. The molecule has 2 atom stereocenters. The van der Waals surface area contributed by atoms with Crippen molar-refractivity contribution in [3.05, 3.63) is 11.6 Å². The number of alkyl halides is 1. The van der Waals surface area contributed by atoms with Crippen molar-refractivity contribution in [2.24, 2.45) is 11.3 Å². The highest BCUT2D eigenvalue weighted by Gasteiger charge is 2.38. The SMILES string of the molecule is C/C=C(/C(Cl)N1CCCC1)C(C)(C)C1CCCNC1. The first kappa shape index (κ1) is 15.3. The minimum Gasteiger partial charge on any atom is -0.316 e. The summed E-state index contributed by atoms with van der Waals surface area (Å²) in [6.07, 6.45) is 7.48. The molecule has 1 N–H and O–H groups in total. The first-order valence-corrected chi connectivity index (χ1v) is 8.26. The van der Waals surface area contributed by atoms with Gasteiger partial charge in [0.2, 0.25) is 0 Å². The summed E-state index contributed by atoms with van der Waals surface area (Å²) in [5.41, 5.74) is 1.70. The molecule has 0 bridgehead atoms. The predicted octanol–water partition coefficient (Wildman–Crippen LogP) is 3.62. The van der Waals surface area contributed by atoms with E-state index in [0.717, 1.165) is 19.6 Å². The lowest BCUT2D eigenvalue weighted by molar-refractivity contribution is 0.188. The summed E-state index contributed by atoms with van der Waals surface area (Å²) in [4.78, 5) is 2.44. The maximum atomic E-state index is 6.79. The Morgan fingerprint density at radius 2 is 2.00 bits per heavy atom. The fourth-order valence-corrected chi connectivity index (χ4v) is 4.29. The van der Waals surface area contributed by atoms with E-state index in [0.29, 0.717) is 5.92 Å². The van der Waals surface area contributed by atoms with Gasteiger partial charge in [-0.3, -0.25) is 4.90 Å². The topological polar surface area (TPSA) is 15.3 Å². The van der Waals surface area contributed by atoms with Crippen LogP contribution >= 0.6 is 11.6 Å². The van der Waals surface area contributed by atoms with E-state index in [1.807, 2.05) is 0 Å². The van der Waals surface area contributed by atoms with Crippen LogP contribution in [-0.4, -0.2) is 36.6 Å². The Labute approximate surface area is 123 Å². The van der Waals surface area contributed by atoms with Gasteiger partial charge >= 0.3 is 0 Å². The summed E-state index contributed by atoms with van der Waals surface area (Å²) in [5, 5.41) is 3.54. The highest BCUT2D eigenvalue weighted by atomic mass is 35.5. The smallest absolute Gasteiger partial charge is 0.107 e. The number of nitrogens with zero attached hydrogens (tertiary/aromatic N) is 1.